The summed E-state index contributed by atoms with van der Waals surface area (Å²) >= 11 is 6.31. The second-order valence-electron chi connectivity index (χ2n) is 9.14. The van der Waals surface area contributed by atoms with E-state index >= 15 is 0 Å². The fourth-order valence-corrected chi connectivity index (χ4v) is 4.68. The number of amides is 2. The van der Waals surface area contributed by atoms with E-state index < -0.39 is 0 Å². The van der Waals surface area contributed by atoms with E-state index in [1.54, 1.807) is 17.0 Å². The summed E-state index contributed by atoms with van der Waals surface area (Å²) in [7, 11) is 1.82. The van der Waals surface area contributed by atoms with E-state index in [0.717, 1.165) is 43.7 Å². The molecule has 3 aromatic rings. The highest BCUT2D eigenvalue weighted by molar-refractivity contribution is 6.31. The van der Waals surface area contributed by atoms with Crippen molar-refractivity contribution in [2.75, 3.05) is 33.2 Å². The molecule has 1 fully saturated rings. The van der Waals surface area contributed by atoms with E-state index in [-0.39, 0.29) is 17.9 Å². The Balaban J connectivity index is 1.43. The van der Waals surface area contributed by atoms with Crippen LogP contribution in [0.2, 0.25) is 5.02 Å². The van der Waals surface area contributed by atoms with Gasteiger partial charge in [0.25, 0.3) is 0 Å². The lowest BCUT2D eigenvalue weighted by molar-refractivity contribution is 0.188. The average molecular weight is 471 g/mol. The van der Waals surface area contributed by atoms with Gasteiger partial charge < -0.3 is 19.7 Å². The molecule has 2 amide bonds. The Morgan fingerprint density at radius 3 is 2.55 bits per heavy atom. The maximum Gasteiger partial charge on any atom is 0.317 e. The number of hydrogen-bond acceptors (Lipinski definition) is 2. The van der Waals surface area contributed by atoms with Gasteiger partial charge in [0.15, 0.2) is 0 Å². The van der Waals surface area contributed by atoms with Crippen LogP contribution in [0.1, 0.15) is 38.2 Å². The lowest BCUT2D eigenvalue weighted by atomic mass is 9.89. The molecule has 0 spiro atoms. The Morgan fingerprint density at radius 2 is 1.88 bits per heavy atom. The van der Waals surface area contributed by atoms with Crippen molar-refractivity contribution in [1.82, 2.24) is 19.7 Å². The summed E-state index contributed by atoms with van der Waals surface area (Å²) in [4.78, 5) is 16.2. The van der Waals surface area contributed by atoms with Crippen LogP contribution in [0.4, 0.5) is 9.18 Å². The first-order chi connectivity index (χ1) is 15.8. The van der Waals surface area contributed by atoms with Crippen molar-refractivity contribution in [1.29, 1.82) is 0 Å². The molecule has 1 N–H and O–H groups in total. The summed E-state index contributed by atoms with van der Waals surface area (Å²) in [6.07, 6.45) is 4.31. The minimum Gasteiger partial charge on any atom is -0.337 e. The van der Waals surface area contributed by atoms with E-state index in [4.69, 9.17) is 11.6 Å². The van der Waals surface area contributed by atoms with Crippen molar-refractivity contribution in [2.24, 2.45) is 0 Å². The number of piperidine rings is 1. The number of nitrogens with one attached hydrogen (secondary N) is 1. The Kier molecular flexibility index (Phi) is 7.25. The molecule has 1 saturated heterocycles. The Hall–Kier alpha value is -2.57. The standard InChI is InChI=1S/C26H32ClFN4O/c1-18(2)30(3)26(33)29-12-15-31-13-10-19(11-14-31)24-17-32(22-7-5-21(28)6-8-22)25-16-20(27)4-9-23(24)25/h4-9,16-19H,10-15H2,1-3H3,(H,29,33). The van der Waals surface area contributed by atoms with E-state index in [1.165, 1.54) is 23.1 Å². The minimum absolute atomic E-state index is 0.0212. The van der Waals surface area contributed by atoms with Gasteiger partial charge in [0.05, 0.1) is 5.52 Å². The molecule has 2 heterocycles. The number of hydrogen-bond donors (Lipinski definition) is 1. The topological polar surface area (TPSA) is 40.5 Å². The number of halogens is 2. The van der Waals surface area contributed by atoms with Crippen LogP contribution in [0.5, 0.6) is 0 Å². The highest BCUT2D eigenvalue weighted by Gasteiger charge is 2.24. The molecule has 1 aliphatic heterocycles. The summed E-state index contributed by atoms with van der Waals surface area (Å²) in [5.74, 6) is 0.209. The zero-order valence-electron chi connectivity index (χ0n) is 19.5. The molecular weight excluding hydrogens is 439 g/mol. The van der Waals surface area contributed by atoms with Gasteiger partial charge in [-0.1, -0.05) is 17.7 Å². The largest absolute Gasteiger partial charge is 0.337 e. The highest BCUT2D eigenvalue weighted by Crippen LogP contribution is 2.36. The van der Waals surface area contributed by atoms with E-state index in [9.17, 15) is 9.18 Å². The van der Waals surface area contributed by atoms with Gasteiger partial charge in [0, 0.05) is 48.5 Å². The number of urea groups is 1. The molecule has 1 aromatic heterocycles. The molecule has 0 unspecified atom stereocenters. The zero-order valence-corrected chi connectivity index (χ0v) is 20.3. The van der Waals surface area contributed by atoms with Gasteiger partial charge in [0.2, 0.25) is 0 Å². The first-order valence-corrected chi connectivity index (χ1v) is 12.0. The van der Waals surface area contributed by atoms with Crippen LogP contribution in [0, 0.1) is 5.82 Å². The van der Waals surface area contributed by atoms with Gasteiger partial charge in [-0.15, -0.1) is 0 Å². The maximum absolute atomic E-state index is 13.5. The molecule has 0 radical (unpaired) electrons. The molecule has 5 nitrogen and oxygen atoms in total. The highest BCUT2D eigenvalue weighted by atomic mass is 35.5. The lowest BCUT2D eigenvalue weighted by Gasteiger charge is -2.32. The summed E-state index contributed by atoms with van der Waals surface area (Å²) in [6.45, 7) is 7.52. The smallest absolute Gasteiger partial charge is 0.317 e. The van der Waals surface area contributed by atoms with Gasteiger partial charge in [-0.25, -0.2) is 9.18 Å². The predicted octanol–water partition coefficient (Wildman–Crippen LogP) is 5.65. The predicted molar refractivity (Wildman–Crippen MR) is 133 cm³/mol. The molecule has 0 saturated carbocycles. The molecular formula is C26H32ClFN4O. The molecule has 2 aromatic carbocycles. The number of carbonyl (C=O) groups excluding carboxylic acids is 1. The molecule has 7 heteroatoms. The van der Waals surface area contributed by atoms with E-state index in [1.807, 2.05) is 33.0 Å². The van der Waals surface area contributed by atoms with E-state index in [2.05, 4.69) is 27.0 Å². The van der Waals surface area contributed by atoms with Crippen molar-refractivity contribution in [3.63, 3.8) is 0 Å². The molecule has 4 rings (SSSR count). The van der Waals surface area contributed by atoms with Gasteiger partial charge >= 0.3 is 6.03 Å². The molecule has 0 atom stereocenters. The average Bonchev–Trinajstić information content (AvgIpc) is 3.18. The fraction of sp³-hybridized carbons (Fsp3) is 0.423. The van der Waals surface area contributed by atoms with Crippen LogP contribution in [-0.2, 0) is 0 Å². The summed E-state index contributed by atoms with van der Waals surface area (Å²) in [5, 5.41) is 4.90. The number of rotatable bonds is 6. The normalized spacial score (nSPS) is 15.3. The molecule has 0 aliphatic carbocycles. The third kappa shape index (κ3) is 5.33. The van der Waals surface area contributed by atoms with Crippen molar-refractivity contribution in [3.05, 3.63) is 65.1 Å². The number of benzene rings is 2. The van der Waals surface area contributed by atoms with Crippen molar-refractivity contribution >= 4 is 28.5 Å². The molecule has 176 valence electrons. The number of nitrogens with zero attached hydrogens (tertiary/aromatic N) is 3. The molecule has 33 heavy (non-hydrogen) atoms. The Labute approximate surface area is 200 Å². The third-order valence-corrected chi connectivity index (χ3v) is 6.97. The quantitative estimate of drug-likeness (QED) is 0.505. The number of likely N-dealkylation sites (tertiary alicyclic amines) is 1. The third-order valence-electron chi connectivity index (χ3n) is 6.73. The van der Waals surface area contributed by atoms with Crippen LogP contribution < -0.4 is 5.32 Å². The summed E-state index contributed by atoms with van der Waals surface area (Å²) in [6, 6.07) is 12.8. The van der Waals surface area contributed by atoms with Crippen molar-refractivity contribution < 1.29 is 9.18 Å². The van der Waals surface area contributed by atoms with Crippen LogP contribution in [0.25, 0.3) is 16.6 Å². The lowest BCUT2D eigenvalue weighted by Crippen LogP contribution is -2.45. The summed E-state index contributed by atoms with van der Waals surface area (Å²) in [5.41, 5.74) is 3.29. The number of fused-ring (bicyclic) bond motifs is 1. The van der Waals surface area contributed by atoms with Gasteiger partial charge in [-0.2, -0.15) is 0 Å². The SMILES string of the molecule is CC(C)N(C)C(=O)NCCN1CCC(c2cn(-c3ccc(F)cc3)c3cc(Cl)ccc23)CC1. The second kappa shape index (κ2) is 10.1. The first kappa shape index (κ1) is 23.6. The second-order valence-corrected chi connectivity index (χ2v) is 9.58. The van der Waals surface area contributed by atoms with Crippen LogP contribution >= 0.6 is 11.6 Å². The van der Waals surface area contributed by atoms with Crippen LogP contribution in [0.3, 0.4) is 0 Å². The van der Waals surface area contributed by atoms with Gasteiger partial charge in [-0.05, 0) is 87.7 Å². The Bertz CT molecular complexity index is 1100. The first-order valence-electron chi connectivity index (χ1n) is 11.6. The summed E-state index contributed by atoms with van der Waals surface area (Å²) < 4.78 is 15.6. The van der Waals surface area contributed by atoms with Crippen molar-refractivity contribution in [3.8, 4) is 5.69 Å². The fourth-order valence-electron chi connectivity index (χ4n) is 4.51. The Morgan fingerprint density at radius 1 is 1.18 bits per heavy atom. The molecule has 0 bridgehead atoms. The van der Waals surface area contributed by atoms with Gasteiger partial charge in [-0.3, -0.25) is 0 Å². The van der Waals surface area contributed by atoms with Crippen LogP contribution in [-0.4, -0.2) is 59.7 Å². The van der Waals surface area contributed by atoms with E-state index in [0.29, 0.717) is 17.5 Å². The monoisotopic (exact) mass is 470 g/mol. The van der Waals surface area contributed by atoms with Crippen LogP contribution in [0.15, 0.2) is 48.7 Å². The zero-order chi connectivity index (χ0) is 23.5. The van der Waals surface area contributed by atoms with Crippen molar-refractivity contribution in [2.45, 2.75) is 38.6 Å². The molecule has 1 aliphatic rings. The number of aromatic nitrogens is 1. The van der Waals surface area contributed by atoms with Gasteiger partial charge in [0.1, 0.15) is 5.82 Å². The maximum atomic E-state index is 13.5. The minimum atomic E-state index is -0.243. The number of carbonyl (C=O) groups is 1.